The van der Waals surface area contributed by atoms with Crippen molar-refractivity contribution >= 4 is 27.6 Å². The Morgan fingerprint density at radius 2 is 1.88 bits per heavy atom. The molecule has 1 aliphatic rings. The van der Waals surface area contributed by atoms with Crippen molar-refractivity contribution in [3.05, 3.63) is 45.6 Å². The number of allylic oxidation sites excluding steroid dienone is 2. The van der Waals surface area contributed by atoms with E-state index in [0.717, 1.165) is 22.0 Å². The fraction of sp³-hybridized carbons (Fsp3) is 0.500. The third kappa shape index (κ3) is 4.95. The maximum Gasteiger partial charge on any atom is 0.284 e. The molecule has 1 amide bonds. The standard InChI is InChI=1S/C20H26BrNO4/c1-13-10-20(3,4)11-17(23)19(13)26-12-18(24)22(25-5)14(2)15-6-8-16(21)9-7-15/h6-9,14H,10-12H2,1-5H3. The van der Waals surface area contributed by atoms with Crippen LogP contribution in [0.25, 0.3) is 0 Å². The molecule has 1 aromatic rings. The molecule has 0 aromatic heterocycles. The summed E-state index contributed by atoms with van der Waals surface area (Å²) in [6.07, 6.45) is 1.21. The summed E-state index contributed by atoms with van der Waals surface area (Å²) in [6.45, 7) is 7.65. The zero-order valence-corrected chi connectivity index (χ0v) is 17.6. The SMILES string of the molecule is CON(C(=O)COC1=C(C)CC(C)(C)CC1=O)C(C)c1ccc(Br)cc1. The van der Waals surface area contributed by atoms with Gasteiger partial charge in [-0.2, -0.15) is 0 Å². The molecule has 0 fully saturated rings. The highest BCUT2D eigenvalue weighted by Gasteiger charge is 2.33. The molecule has 1 aromatic carbocycles. The summed E-state index contributed by atoms with van der Waals surface area (Å²) >= 11 is 3.40. The number of benzene rings is 1. The van der Waals surface area contributed by atoms with E-state index in [1.165, 1.54) is 12.2 Å². The molecule has 2 rings (SSSR count). The number of Topliss-reactive ketones (excluding diaryl/α,β-unsaturated/α-hetero) is 1. The summed E-state index contributed by atoms with van der Waals surface area (Å²) in [5.41, 5.74) is 1.77. The molecule has 26 heavy (non-hydrogen) atoms. The van der Waals surface area contributed by atoms with Gasteiger partial charge in [-0.05, 0) is 49.0 Å². The van der Waals surface area contributed by atoms with Crippen molar-refractivity contribution in [1.82, 2.24) is 5.06 Å². The number of rotatable bonds is 6. The quantitative estimate of drug-likeness (QED) is 0.628. The van der Waals surface area contributed by atoms with Crippen molar-refractivity contribution in [1.29, 1.82) is 0 Å². The van der Waals surface area contributed by atoms with Crippen LogP contribution in [0.5, 0.6) is 0 Å². The normalized spacial score (nSPS) is 17.8. The first-order chi connectivity index (χ1) is 12.1. The first kappa shape index (κ1) is 20.6. The molecular weight excluding hydrogens is 398 g/mol. The van der Waals surface area contributed by atoms with Crippen molar-refractivity contribution < 1.29 is 19.2 Å². The molecule has 0 saturated heterocycles. The first-order valence-corrected chi connectivity index (χ1v) is 9.41. The highest BCUT2D eigenvalue weighted by molar-refractivity contribution is 9.10. The summed E-state index contributed by atoms with van der Waals surface area (Å²) in [6, 6.07) is 7.40. The minimum Gasteiger partial charge on any atom is -0.480 e. The van der Waals surface area contributed by atoms with Crippen molar-refractivity contribution in [2.75, 3.05) is 13.7 Å². The maximum absolute atomic E-state index is 12.6. The number of halogens is 1. The molecule has 1 unspecified atom stereocenters. The average molecular weight is 424 g/mol. The molecule has 5 nitrogen and oxygen atoms in total. The van der Waals surface area contributed by atoms with Gasteiger partial charge in [0.2, 0.25) is 0 Å². The second-order valence-corrected chi connectivity index (χ2v) is 8.38. The fourth-order valence-electron chi connectivity index (χ4n) is 3.37. The van der Waals surface area contributed by atoms with Crippen molar-refractivity contribution in [3.8, 4) is 0 Å². The lowest BCUT2D eigenvalue weighted by atomic mass is 9.76. The number of hydrogen-bond acceptors (Lipinski definition) is 4. The molecular formula is C20H26BrNO4. The van der Waals surface area contributed by atoms with E-state index in [0.29, 0.717) is 12.2 Å². The van der Waals surface area contributed by atoms with Crippen LogP contribution in [0.4, 0.5) is 0 Å². The van der Waals surface area contributed by atoms with E-state index in [1.54, 1.807) is 0 Å². The molecule has 0 saturated carbocycles. The second-order valence-electron chi connectivity index (χ2n) is 7.47. The Labute approximate surface area is 163 Å². The van der Waals surface area contributed by atoms with E-state index >= 15 is 0 Å². The van der Waals surface area contributed by atoms with Crippen LogP contribution < -0.4 is 0 Å². The van der Waals surface area contributed by atoms with Gasteiger partial charge in [0, 0.05) is 10.9 Å². The molecule has 0 spiro atoms. The van der Waals surface area contributed by atoms with E-state index < -0.39 is 0 Å². The number of carbonyl (C=O) groups excluding carboxylic acids is 2. The van der Waals surface area contributed by atoms with Crippen LogP contribution in [0.2, 0.25) is 0 Å². The average Bonchev–Trinajstić information content (AvgIpc) is 2.54. The molecule has 0 bridgehead atoms. The third-order valence-electron chi connectivity index (χ3n) is 4.51. The van der Waals surface area contributed by atoms with Gasteiger partial charge in [-0.15, -0.1) is 0 Å². The van der Waals surface area contributed by atoms with Crippen LogP contribution in [-0.4, -0.2) is 30.5 Å². The lowest BCUT2D eigenvalue weighted by Crippen LogP contribution is -2.36. The largest absolute Gasteiger partial charge is 0.480 e. The van der Waals surface area contributed by atoms with Crippen molar-refractivity contribution in [3.63, 3.8) is 0 Å². The van der Waals surface area contributed by atoms with Crippen LogP contribution in [0.15, 0.2) is 40.1 Å². The van der Waals surface area contributed by atoms with E-state index in [-0.39, 0.29) is 29.8 Å². The minimum atomic E-state index is -0.333. The maximum atomic E-state index is 12.6. The van der Waals surface area contributed by atoms with E-state index in [9.17, 15) is 9.59 Å². The Morgan fingerprint density at radius 1 is 1.27 bits per heavy atom. The van der Waals surface area contributed by atoms with Gasteiger partial charge in [-0.25, -0.2) is 5.06 Å². The van der Waals surface area contributed by atoms with Crippen LogP contribution in [0, 0.1) is 5.41 Å². The number of ether oxygens (including phenoxy) is 1. The molecule has 1 aliphatic carbocycles. The van der Waals surface area contributed by atoms with Gasteiger partial charge in [-0.3, -0.25) is 14.4 Å². The van der Waals surface area contributed by atoms with Gasteiger partial charge in [0.05, 0.1) is 13.2 Å². The lowest BCUT2D eigenvalue weighted by Gasteiger charge is -2.31. The molecule has 142 valence electrons. The summed E-state index contributed by atoms with van der Waals surface area (Å²) in [4.78, 5) is 30.2. The van der Waals surface area contributed by atoms with Crippen LogP contribution in [0.1, 0.15) is 52.1 Å². The zero-order valence-electron chi connectivity index (χ0n) is 16.0. The Balaban J connectivity index is 2.05. The monoisotopic (exact) mass is 423 g/mol. The summed E-state index contributed by atoms with van der Waals surface area (Å²) in [5.74, 6) is -0.0534. The molecule has 0 aliphatic heterocycles. The van der Waals surface area contributed by atoms with Gasteiger partial charge in [0.25, 0.3) is 5.91 Å². The first-order valence-electron chi connectivity index (χ1n) is 8.62. The summed E-state index contributed by atoms with van der Waals surface area (Å²) in [5, 5.41) is 1.27. The Bertz CT molecular complexity index is 709. The van der Waals surface area contributed by atoms with Gasteiger partial charge < -0.3 is 4.74 Å². The number of amides is 1. The number of nitrogens with zero attached hydrogens (tertiary/aromatic N) is 1. The Kier molecular flexibility index (Phi) is 6.64. The number of hydrogen-bond donors (Lipinski definition) is 0. The topological polar surface area (TPSA) is 55.8 Å². The van der Waals surface area contributed by atoms with E-state index in [2.05, 4.69) is 29.8 Å². The Hall–Kier alpha value is -1.66. The molecule has 1 atom stereocenters. The smallest absolute Gasteiger partial charge is 0.284 e. The number of ketones is 1. The number of hydroxylamine groups is 2. The van der Waals surface area contributed by atoms with Crippen LogP contribution in [0.3, 0.4) is 0 Å². The van der Waals surface area contributed by atoms with Crippen LogP contribution in [-0.2, 0) is 19.2 Å². The highest BCUT2D eigenvalue weighted by Crippen LogP contribution is 2.36. The predicted octanol–water partition coefficient (Wildman–Crippen LogP) is 4.58. The van der Waals surface area contributed by atoms with Crippen molar-refractivity contribution in [2.45, 2.75) is 46.6 Å². The minimum absolute atomic E-state index is 0.0449. The van der Waals surface area contributed by atoms with Gasteiger partial charge in [-0.1, -0.05) is 41.9 Å². The molecule has 0 radical (unpaired) electrons. The fourth-order valence-corrected chi connectivity index (χ4v) is 3.63. The molecule has 0 heterocycles. The van der Waals surface area contributed by atoms with Crippen LogP contribution >= 0.6 is 15.9 Å². The second kappa shape index (κ2) is 8.35. The lowest BCUT2D eigenvalue weighted by molar-refractivity contribution is -0.191. The third-order valence-corrected chi connectivity index (χ3v) is 5.04. The predicted molar refractivity (Wildman–Crippen MR) is 103 cm³/mol. The highest BCUT2D eigenvalue weighted by atomic mass is 79.9. The zero-order chi connectivity index (χ0) is 19.5. The molecule has 0 N–H and O–H groups in total. The summed E-state index contributed by atoms with van der Waals surface area (Å²) < 4.78 is 6.57. The molecule has 6 heteroatoms. The summed E-state index contributed by atoms with van der Waals surface area (Å²) in [7, 11) is 1.45. The van der Waals surface area contributed by atoms with E-state index in [1.807, 2.05) is 38.1 Å². The number of carbonyl (C=O) groups is 2. The van der Waals surface area contributed by atoms with E-state index in [4.69, 9.17) is 9.57 Å². The Morgan fingerprint density at radius 3 is 2.42 bits per heavy atom. The van der Waals surface area contributed by atoms with Gasteiger partial charge in [0.1, 0.15) is 0 Å². The van der Waals surface area contributed by atoms with Gasteiger partial charge >= 0.3 is 0 Å². The van der Waals surface area contributed by atoms with Crippen molar-refractivity contribution in [2.24, 2.45) is 5.41 Å². The van der Waals surface area contributed by atoms with Gasteiger partial charge in [0.15, 0.2) is 18.1 Å².